The Bertz CT molecular complexity index is 295. The molecule has 1 atom stereocenters. The highest BCUT2D eigenvalue weighted by Crippen LogP contribution is 2.32. The predicted octanol–water partition coefficient (Wildman–Crippen LogP) is 2.76. The predicted molar refractivity (Wildman–Crippen MR) is 73.4 cm³/mol. The zero-order chi connectivity index (χ0) is 14.0. The highest BCUT2D eigenvalue weighted by Gasteiger charge is 2.38. The summed E-state index contributed by atoms with van der Waals surface area (Å²) in [5, 5.41) is 0. The third-order valence-corrected chi connectivity index (χ3v) is 3.56. The van der Waals surface area contributed by atoms with E-state index in [4.69, 9.17) is 10.5 Å². The molecule has 0 aromatic carbocycles. The molecule has 1 unspecified atom stereocenters. The highest BCUT2D eigenvalue weighted by atomic mass is 16.6. The Labute approximate surface area is 111 Å². The van der Waals surface area contributed by atoms with Gasteiger partial charge in [0.15, 0.2) is 0 Å². The molecule has 0 aromatic heterocycles. The van der Waals surface area contributed by atoms with Crippen molar-refractivity contribution in [2.45, 2.75) is 65.5 Å². The fraction of sp³-hybridized carbons (Fsp3) is 0.929. The number of piperidine rings is 1. The first kappa shape index (κ1) is 15.3. The molecule has 1 saturated heterocycles. The molecule has 0 saturated carbocycles. The molecule has 4 nitrogen and oxygen atoms in total. The van der Waals surface area contributed by atoms with E-state index in [0.717, 1.165) is 25.8 Å². The second-order valence-corrected chi connectivity index (χ2v) is 6.88. The first-order valence-electron chi connectivity index (χ1n) is 6.87. The van der Waals surface area contributed by atoms with E-state index in [0.29, 0.717) is 6.54 Å². The van der Waals surface area contributed by atoms with Gasteiger partial charge in [-0.2, -0.15) is 0 Å². The molecule has 1 fully saturated rings. The molecule has 4 heteroatoms. The molecule has 106 valence electrons. The van der Waals surface area contributed by atoms with Crippen molar-refractivity contribution in [3.8, 4) is 0 Å². The molecule has 1 aliphatic heterocycles. The van der Waals surface area contributed by atoms with Crippen molar-refractivity contribution >= 4 is 6.09 Å². The van der Waals surface area contributed by atoms with Crippen molar-refractivity contribution in [2.24, 2.45) is 11.1 Å². The molecule has 0 spiro atoms. The van der Waals surface area contributed by atoms with Crippen molar-refractivity contribution in [1.82, 2.24) is 4.90 Å². The molecule has 18 heavy (non-hydrogen) atoms. The molecule has 0 aromatic rings. The van der Waals surface area contributed by atoms with Gasteiger partial charge in [-0.25, -0.2) is 4.79 Å². The number of hydrogen-bond donors (Lipinski definition) is 1. The van der Waals surface area contributed by atoms with E-state index in [1.807, 2.05) is 25.7 Å². The van der Waals surface area contributed by atoms with Gasteiger partial charge in [-0.1, -0.05) is 13.8 Å². The van der Waals surface area contributed by atoms with Crippen LogP contribution >= 0.6 is 0 Å². The monoisotopic (exact) mass is 256 g/mol. The summed E-state index contributed by atoms with van der Waals surface area (Å²) in [4.78, 5) is 14.1. The molecule has 1 aliphatic rings. The summed E-state index contributed by atoms with van der Waals surface area (Å²) in [5.41, 5.74) is 5.35. The lowest BCUT2D eigenvalue weighted by atomic mass is 9.79. The Morgan fingerprint density at radius 3 is 2.39 bits per heavy atom. The van der Waals surface area contributed by atoms with Gasteiger partial charge in [0.25, 0.3) is 0 Å². The van der Waals surface area contributed by atoms with Crippen molar-refractivity contribution in [3.05, 3.63) is 0 Å². The summed E-state index contributed by atoms with van der Waals surface area (Å²) >= 11 is 0. The molecule has 1 heterocycles. The second-order valence-electron chi connectivity index (χ2n) is 6.88. The number of nitrogens with two attached hydrogens (primary N) is 1. The molecule has 0 aliphatic carbocycles. The lowest BCUT2D eigenvalue weighted by molar-refractivity contribution is -0.00866. The number of amides is 1. The van der Waals surface area contributed by atoms with Gasteiger partial charge in [0, 0.05) is 12.6 Å². The molecular weight excluding hydrogens is 228 g/mol. The van der Waals surface area contributed by atoms with Crippen LogP contribution in [0.1, 0.15) is 53.9 Å². The summed E-state index contributed by atoms with van der Waals surface area (Å²) in [6.45, 7) is 11.3. The van der Waals surface area contributed by atoms with Crippen LogP contribution in [0.3, 0.4) is 0 Å². The fourth-order valence-corrected chi connectivity index (χ4v) is 2.42. The van der Waals surface area contributed by atoms with Gasteiger partial charge < -0.3 is 15.4 Å². The summed E-state index contributed by atoms with van der Waals surface area (Å²) in [6, 6.07) is 0.186. The maximum Gasteiger partial charge on any atom is 0.410 e. The number of rotatable bonds is 2. The number of ether oxygens (including phenoxy) is 1. The Morgan fingerprint density at radius 2 is 1.89 bits per heavy atom. The van der Waals surface area contributed by atoms with Gasteiger partial charge in [0.05, 0.1) is 0 Å². The molecule has 1 amide bonds. The van der Waals surface area contributed by atoms with E-state index in [-0.39, 0.29) is 17.6 Å². The van der Waals surface area contributed by atoms with Gasteiger partial charge >= 0.3 is 6.09 Å². The zero-order valence-electron chi connectivity index (χ0n) is 12.5. The average Bonchev–Trinajstić information content (AvgIpc) is 2.27. The normalized spacial score (nSPS) is 21.9. The quantitative estimate of drug-likeness (QED) is 0.826. The van der Waals surface area contributed by atoms with E-state index < -0.39 is 5.60 Å². The average molecular weight is 256 g/mol. The van der Waals surface area contributed by atoms with Crippen LogP contribution in [-0.2, 0) is 4.74 Å². The number of carbonyl (C=O) groups is 1. The van der Waals surface area contributed by atoms with Crippen LogP contribution in [0.5, 0.6) is 0 Å². The maximum absolute atomic E-state index is 12.2. The molecule has 0 bridgehead atoms. The van der Waals surface area contributed by atoms with E-state index in [2.05, 4.69) is 13.8 Å². The lowest BCUT2D eigenvalue weighted by Gasteiger charge is -2.44. The standard InChI is InChI=1S/C14H28N2O2/c1-13(2,3)18-12(17)16-9-7-6-8-11(16)14(4,5)10-15/h11H,6-10,15H2,1-5H3. The van der Waals surface area contributed by atoms with Gasteiger partial charge in [-0.3, -0.25) is 0 Å². The largest absolute Gasteiger partial charge is 0.444 e. The fourth-order valence-electron chi connectivity index (χ4n) is 2.42. The first-order chi connectivity index (χ1) is 8.17. The summed E-state index contributed by atoms with van der Waals surface area (Å²) in [6.07, 6.45) is 3.03. The summed E-state index contributed by atoms with van der Waals surface area (Å²) < 4.78 is 5.49. The summed E-state index contributed by atoms with van der Waals surface area (Å²) in [5.74, 6) is 0. The van der Waals surface area contributed by atoms with Crippen molar-refractivity contribution in [3.63, 3.8) is 0 Å². The van der Waals surface area contributed by atoms with Crippen molar-refractivity contribution < 1.29 is 9.53 Å². The number of likely N-dealkylation sites (tertiary alicyclic amines) is 1. The van der Waals surface area contributed by atoms with Crippen LogP contribution in [-0.4, -0.2) is 35.7 Å². The number of nitrogens with zero attached hydrogens (tertiary/aromatic N) is 1. The Hall–Kier alpha value is -0.770. The first-order valence-corrected chi connectivity index (χ1v) is 6.87. The van der Waals surface area contributed by atoms with E-state index in [9.17, 15) is 4.79 Å². The minimum absolute atomic E-state index is 0.0582. The summed E-state index contributed by atoms with van der Waals surface area (Å²) in [7, 11) is 0. The minimum atomic E-state index is -0.439. The smallest absolute Gasteiger partial charge is 0.410 e. The molecule has 0 radical (unpaired) electrons. The van der Waals surface area contributed by atoms with Crippen molar-refractivity contribution in [2.75, 3.05) is 13.1 Å². The zero-order valence-corrected chi connectivity index (χ0v) is 12.5. The number of carbonyl (C=O) groups excluding carboxylic acids is 1. The van der Waals surface area contributed by atoms with Gasteiger partial charge in [-0.05, 0) is 52.0 Å². The Morgan fingerprint density at radius 1 is 1.28 bits per heavy atom. The van der Waals surface area contributed by atoms with Crippen LogP contribution in [0, 0.1) is 5.41 Å². The van der Waals surface area contributed by atoms with Crippen LogP contribution in [0.25, 0.3) is 0 Å². The Balaban J connectivity index is 2.80. The van der Waals surface area contributed by atoms with Crippen LogP contribution in [0.2, 0.25) is 0 Å². The van der Waals surface area contributed by atoms with Gasteiger partial charge in [0.2, 0.25) is 0 Å². The number of hydrogen-bond acceptors (Lipinski definition) is 3. The van der Waals surface area contributed by atoms with Crippen LogP contribution < -0.4 is 5.73 Å². The van der Waals surface area contributed by atoms with Crippen molar-refractivity contribution in [1.29, 1.82) is 0 Å². The lowest BCUT2D eigenvalue weighted by Crippen LogP contribution is -2.54. The third kappa shape index (κ3) is 3.87. The molecule has 2 N–H and O–H groups in total. The maximum atomic E-state index is 12.2. The van der Waals surface area contributed by atoms with Gasteiger partial charge in [0.1, 0.15) is 5.60 Å². The Kier molecular flexibility index (Phi) is 4.65. The molecular formula is C14H28N2O2. The van der Waals surface area contributed by atoms with Gasteiger partial charge in [-0.15, -0.1) is 0 Å². The van der Waals surface area contributed by atoms with E-state index >= 15 is 0 Å². The topological polar surface area (TPSA) is 55.6 Å². The highest BCUT2D eigenvalue weighted by molar-refractivity contribution is 5.68. The van der Waals surface area contributed by atoms with E-state index in [1.54, 1.807) is 0 Å². The molecule has 1 rings (SSSR count). The van der Waals surface area contributed by atoms with Crippen LogP contribution in [0.4, 0.5) is 4.79 Å². The van der Waals surface area contributed by atoms with Crippen LogP contribution in [0.15, 0.2) is 0 Å². The SMILES string of the molecule is CC(C)(C)OC(=O)N1CCCCC1C(C)(C)CN. The second kappa shape index (κ2) is 5.47. The minimum Gasteiger partial charge on any atom is -0.444 e. The van der Waals surface area contributed by atoms with E-state index in [1.165, 1.54) is 0 Å². The third-order valence-electron chi connectivity index (χ3n) is 3.56.